The maximum Gasteiger partial charge on any atom is 0.310 e. The molecular formula is C11H16F5NOS. The van der Waals surface area contributed by atoms with E-state index < -0.39 is 15.1 Å². The molecule has 0 aromatic heterocycles. The van der Waals surface area contributed by atoms with Crippen LogP contribution in [0.1, 0.15) is 19.8 Å². The highest BCUT2D eigenvalue weighted by atomic mass is 32.5. The molecule has 0 aliphatic rings. The van der Waals surface area contributed by atoms with Crippen molar-refractivity contribution in [2.24, 2.45) is 0 Å². The summed E-state index contributed by atoms with van der Waals surface area (Å²) in [5, 5.41) is 2.67. The van der Waals surface area contributed by atoms with Crippen LogP contribution in [-0.2, 0) is 0 Å². The Labute approximate surface area is 108 Å². The monoisotopic (exact) mass is 305 g/mol. The topological polar surface area (TPSA) is 21.3 Å². The van der Waals surface area contributed by atoms with E-state index in [4.69, 9.17) is 0 Å². The number of ether oxygens (including phenoxy) is 1. The van der Waals surface area contributed by atoms with E-state index >= 15 is 0 Å². The van der Waals surface area contributed by atoms with E-state index in [1.807, 2.05) is 6.92 Å². The Kier molecular flexibility index (Phi) is 3.70. The van der Waals surface area contributed by atoms with E-state index in [1.54, 1.807) is 0 Å². The summed E-state index contributed by atoms with van der Waals surface area (Å²) in [6.07, 6.45) is 1.56. The first-order valence-electron chi connectivity index (χ1n) is 5.63. The van der Waals surface area contributed by atoms with Gasteiger partial charge < -0.3 is 10.1 Å². The molecule has 0 aliphatic heterocycles. The lowest BCUT2D eigenvalue weighted by atomic mass is 10.2. The van der Waals surface area contributed by atoms with Crippen molar-refractivity contribution in [3.8, 4) is 5.75 Å². The Bertz CT molecular complexity index is 459. The number of benzene rings is 1. The lowest BCUT2D eigenvalue weighted by molar-refractivity contribution is 0.361. The van der Waals surface area contributed by atoms with Gasteiger partial charge in [0.05, 0.1) is 7.11 Å². The van der Waals surface area contributed by atoms with Gasteiger partial charge in [-0.2, -0.15) is 0 Å². The van der Waals surface area contributed by atoms with Crippen LogP contribution >= 0.6 is 10.2 Å². The van der Waals surface area contributed by atoms with Crippen LogP contribution in [0.25, 0.3) is 0 Å². The average Bonchev–Trinajstić information content (AvgIpc) is 2.26. The molecule has 1 rings (SSSR count). The largest absolute Gasteiger partial charge is 0.497 e. The average molecular weight is 305 g/mol. The number of methoxy groups -OCH3 is 1. The Morgan fingerprint density at radius 2 is 1.74 bits per heavy atom. The Morgan fingerprint density at radius 1 is 1.11 bits per heavy atom. The van der Waals surface area contributed by atoms with Crippen molar-refractivity contribution < 1.29 is 24.2 Å². The molecule has 0 fully saturated rings. The van der Waals surface area contributed by atoms with E-state index in [2.05, 4.69) is 10.1 Å². The van der Waals surface area contributed by atoms with Gasteiger partial charge in [-0.15, -0.1) is 0 Å². The minimum Gasteiger partial charge on any atom is -0.497 e. The minimum absolute atomic E-state index is 0.0314. The van der Waals surface area contributed by atoms with E-state index in [0.29, 0.717) is 18.7 Å². The van der Waals surface area contributed by atoms with Gasteiger partial charge >= 0.3 is 10.2 Å². The van der Waals surface area contributed by atoms with Gasteiger partial charge in [-0.25, -0.2) is 0 Å². The number of hydrogen-bond donors (Lipinski definition) is 1. The number of anilines is 1. The van der Waals surface area contributed by atoms with Gasteiger partial charge in [0, 0.05) is 24.4 Å². The molecule has 2 nitrogen and oxygen atoms in total. The Morgan fingerprint density at radius 3 is 2.21 bits per heavy atom. The third kappa shape index (κ3) is 4.77. The zero-order chi connectivity index (χ0) is 14.8. The third-order valence-electron chi connectivity index (χ3n) is 2.42. The van der Waals surface area contributed by atoms with Crippen molar-refractivity contribution in [3.05, 3.63) is 18.2 Å². The lowest BCUT2D eigenvalue weighted by Crippen LogP contribution is -2.08. The molecule has 0 amide bonds. The molecule has 0 unspecified atom stereocenters. The fourth-order valence-electron chi connectivity index (χ4n) is 1.42. The maximum atomic E-state index is 12.7. The highest BCUT2D eigenvalue weighted by Crippen LogP contribution is 3.02. The van der Waals surface area contributed by atoms with Crippen LogP contribution in [0.2, 0.25) is 0 Å². The van der Waals surface area contributed by atoms with Gasteiger partial charge in [-0.3, -0.25) is 0 Å². The number of rotatable bonds is 6. The van der Waals surface area contributed by atoms with Crippen LogP contribution in [0.4, 0.5) is 25.1 Å². The normalized spacial score (nSPS) is 15.5. The molecule has 1 N–H and O–H groups in total. The zero-order valence-corrected chi connectivity index (χ0v) is 11.4. The van der Waals surface area contributed by atoms with Gasteiger partial charge in [0.1, 0.15) is 10.6 Å². The molecule has 19 heavy (non-hydrogen) atoms. The molecule has 1 aromatic rings. The fraction of sp³-hybridized carbons (Fsp3) is 0.455. The fourth-order valence-corrected chi connectivity index (χ4v) is 2.11. The maximum absolute atomic E-state index is 12.7. The van der Waals surface area contributed by atoms with Gasteiger partial charge in [0.25, 0.3) is 0 Å². The summed E-state index contributed by atoms with van der Waals surface area (Å²) in [6, 6.07) is 1.98. The third-order valence-corrected chi connectivity index (χ3v) is 3.55. The van der Waals surface area contributed by atoms with Crippen LogP contribution in [0, 0.1) is 0 Å². The van der Waals surface area contributed by atoms with Crippen molar-refractivity contribution in [1.82, 2.24) is 0 Å². The summed E-state index contributed by atoms with van der Waals surface area (Å²) in [6.45, 7) is 2.32. The molecule has 0 bridgehead atoms. The van der Waals surface area contributed by atoms with Crippen LogP contribution in [0.5, 0.6) is 5.75 Å². The summed E-state index contributed by atoms with van der Waals surface area (Å²) in [7, 11) is -8.56. The predicted molar refractivity (Wildman–Crippen MR) is 67.8 cm³/mol. The summed E-state index contributed by atoms with van der Waals surface area (Å²) >= 11 is 0. The second kappa shape index (κ2) is 4.43. The van der Waals surface area contributed by atoms with Gasteiger partial charge in [-0.05, 0) is 12.5 Å². The first kappa shape index (κ1) is 15.9. The predicted octanol–water partition coefficient (Wildman–Crippen LogP) is 5.56. The summed E-state index contributed by atoms with van der Waals surface area (Å²) < 4.78 is 68.4. The molecule has 0 aliphatic carbocycles. The van der Waals surface area contributed by atoms with Crippen LogP contribution in [0.15, 0.2) is 23.1 Å². The SMILES string of the molecule is CCCCNc1cc(OC)cc(S(F)(F)(F)(F)F)c1. The van der Waals surface area contributed by atoms with Crippen molar-refractivity contribution in [3.63, 3.8) is 0 Å². The Balaban J connectivity index is 3.17. The molecular weight excluding hydrogens is 289 g/mol. The molecule has 0 heterocycles. The highest BCUT2D eigenvalue weighted by molar-refractivity contribution is 8.45. The van der Waals surface area contributed by atoms with E-state index in [0.717, 1.165) is 20.0 Å². The van der Waals surface area contributed by atoms with Gasteiger partial charge in [-0.1, -0.05) is 32.8 Å². The van der Waals surface area contributed by atoms with Crippen LogP contribution < -0.4 is 10.1 Å². The first-order valence-corrected chi connectivity index (χ1v) is 7.58. The molecule has 8 heteroatoms. The number of unbranched alkanes of at least 4 members (excludes halogenated alkanes) is 1. The van der Waals surface area contributed by atoms with Gasteiger partial charge in [0.2, 0.25) is 0 Å². The van der Waals surface area contributed by atoms with Crippen LogP contribution in [-0.4, -0.2) is 13.7 Å². The van der Waals surface area contributed by atoms with Crippen molar-refractivity contribution >= 4 is 15.9 Å². The smallest absolute Gasteiger partial charge is 0.310 e. The molecule has 0 spiro atoms. The number of hydrogen-bond acceptors (Lipinski definition) is 2. The molecule has 0 radical (unpaired) electrons. The summed E-state index contributed by atoms with van der Waals surface area (Å²) in [4.78, 5) is -1.95. The van der Waals surface area contributed by atoms with Gasteiger partial charge in [0.15, 0.2) is 0 Å². The standard InChI is InChI=1S/C11H16F5NOS/c1-3-4-5-17-9-6-10(18-2)8-11(7-9)19(12,13,14,15)16/h6-8,17H,3-5H2,1-2H3. The molecule has 0 saturated carbocycles. The van der Waals surface area contributed by atoms with Crippen molar-refractivity contribution in [1.29, 1.82) is 0 Å². The first-order chi connectivity index (χ1) is 8.46. The van der Waals surface area contributed by atoms with Crippen molar-refractivity contribution in [2.45, 2.75) is 24.7 Å². The van der Waals surface area contributed by atoms with Crippen molar-refractivity contribution in [2.75, 3.05) is 19.0 Å². The van der Waals surface area contributed by atoms with E-state index in [9.17, 15) is 19.4 Å². The second-order valence-electron chi connectivity index (χ2n) is 4.15. The summed E-state index contributed by atoms with van der Waals surface area (Å²) in [5.74, 6) is -0.259. The summed E-state index contributed by atoms with van der Waals surface area (Å²) in [5.41, 5.74) is -0.0314. The zero-order valence-electron chi connectivity index (χ0n) is 10.6. The van der Waals surface area contributed by atoms with Crippen LogP contribution in [0.3, 0.4) is 0 Å². The highest BCUT2D eigenvalue weighted by Gasteiger charge is 2.65. The Hall–Kier alpha value is -1.18. The van der Waals surface area contributed by atoms with E-state index in [-0.39, 0.29) is 11.4 Å². The van der Waals surface area contributed by atoms with E-state index in [1.165, 1.54) is 6.07 Å². The number of halogens is 5. The second-order valence-corrected chi connectivity index (χ2v) is 6.56. The quantitative estimate of drug-likeness (QED) is 0.548. The molecule has 0 saturated heterocycles. The minimum atomic E-state index is -9.69. The molecule has 1 aromatic carbocycles. The lowest BCUT2D eigenvalue weighted by Gasteiger charge is -2.40. The molecule has 112 valence electrons. The number of nitrogens with one attached hydrogen (secondary N) is 1. The molecule has 0 atom stereocenters.